The number of nitrogens with zero attached hydrogens (tertiary/aromatic N) is 2. The Bertz CT molecular complexity index is 596. The maximum atomic E-state index is 14.4. The van der Waals surface area contributed by atoms with Gasteiger partial charge in [0.2, 0.25) is 0 Å². The van der Waals surface area contributed by atoms with Crippen molar-refractivity contribution in [3.63, 3.8) is 0 Å². The van der Waals surface area contributed by atoms with Crippen LogP contribution >= 0.6 is 0 Å². The van der Waals surface area contributed by atoms with E-state index in [0.717, 1.165) is 12.8 Å². The summed E-state index contributed by atoms with van der Waals surface area (Å²) < 4.78 is 46.5. The smallest absolute Gasteiger partial charge is 0.306 e. The monoisotopic (exact) mass is 332 g/mol. The molecule has 0 spiro atoms. The van der Waals surface area contributed by atoms with E-state index >= 15 is 0 Å². The van der Waals surface area contributed by atoms with Gasteiger partial charge in [0.05, 0.1) is 12.9 Å². The second kappa shape index (κ2) is 7.26. The van der Waals surface area contributed by atoms with Crippen LogP contribution in [0.25, 0.3) is 0 Å². The first-order chi connectivity index (χ1) is 10.4. The van der Waals surface area contributed by atoms with E-state index in [1.807, 2.05) is 4.90 Å². The molecule has 0 saturated carbocycles. The van der Waals surface area contributed by atoms with Crippen molar-refractivity contribution in [1.82, 2.24) is 4.90 Å². The molecular weight excluding hydrogens is 311 g/mol. The van der Waals surface area contributed by atoms with Gasteiger partial charge in [-0.05, 0) is 12.1 Å². The molecule has 0 amide bonds. The Hall–Kier alpha value is -1.38. The molecule has 1 fully saturated rings. The summed E-state index contributed by atoms with van der Waals surface area (Å²) in [6, 6.07) is 6.47. The van der Waals surface area contributed by atoms with Gasteiger partial charge in [-0.1, -0.05) is 6.07 Å². The minimum atomic E-state index is -3.59. The van der Waals surface area contributed by atoms with Crippen molar-refractivity contribution in [2.24, 2.45) is 0 Å². The van der Waals surface area contributed by atoms with Crippen molar-refractivity contribution >= 4 is 15.8 Å². The second-order valence-corrected chi connectivity index (χ2v) is 6.78. The van der Waals surface area contributed by atoms with Gasteiger partial charge < -0.3 is 13.8 Å². The maximum absolute atomic E-state index is 14.4. The van der Waals surface area contributed by atoms with Crippen LogP contribution in [0.2, 0.25) is 0 Å². The highest BCUT2D eigenvalue weighted by Gasteiger charge is 2.26. The Balaban J connectivity index is 2.04. The predicted molar refractivity (Wildman–Crippen MR) is 82.5 cm³/mol. The van der Waals surface area contributed by atoms with Gasteiger partial charge in [-0.25, -0.2) is 4.39 Å². The molecule has 0 aliphatic carbocycles. The molecule has 1 saturated heterocycles. The van der Waals surface area contributed by atoms with Crippen molar-refractivity contribution in [1.29, 1.82) is 0 Å². The van der Waals surface area contributed by atoms with Gasteiger partial charge in [-0.3, -0.25) is 4.90 Å². The summed E-state index contributed by atoms with van der Waals surface area (Å²) in [5, 5.41) is 0. The van der Waals surface area contributed by atoms with Gasteiger partial charge >= 0.3 is 10.1 Å². The Labute approximate surface area is 130 Å². The summed E-state index contributed by atoms with van der Waals surface area (Å²) in [6.45, 7) is 2.81. The van der Waals surface area contributed by atoms with Crippen molar-refractivity contribution in [3.05, 3.63) is 24.3 Å². The lowest BCUT2D eigenvalue weighted by molar-refractivity contribution is 0.107. The average Bonchev–Trinajstić information content (AvgIpc) is 2.43. The fourth-order valence-corrected chi connectivity index (χ4v) is 2.85. The number of hydrogen-bond acceptors (Lipinski definition) is 6. The molecule has 22 heavy (non-hydrogen) atoms. The lowest BCUT2D eigenvalue weighted by Crippen LogP contribution is -2.52. The normalized spacial score (nSPS) is 20.1. The van der Waals surface area contributed by atoms with E-state index in [0.29, 0.717) is 31.9 Å². The van der Waals surface area contributed by atoms with Crippen LogP contribution in [0, 0.1) is 0 Å². The first-order valence-corrected chi connectivity index (χ1v) is 8.82. The van der Waals surface area contributed by atoms with Crippen LogP contribution in [0.5, 0.6) is 5.75 Å². The highest BCUT2D eigenvalue weighted by atomic mass is 32.2. The third kappa shape index (κ3) is 4.82. The van der Waals surface area contributed by atoms with Crippen LogP contribution in [0.4, 0.5) is 10.1 Å². The highest BCUT2D eigenvalue weighted by Crippen LogP contribution is 2.26. The Morgan fingerprint density at radius 2 is 2.14 bits per heavy atom. The van der Waals surface area contributed by atoms with Crippen molar-refractivity contribution < 1.29 is 21.7 Å². The number of alkyl halides is 1. The molecule has 1 atom stereocenters. The molecule has 1 aromatic rings. The lowest BCUT2D eigenvalue weighted by atomic mass is 10.2. The number of methoxy groups -OCH3 is 1. The second-order valence-electron chi connectivity index (χ2n) is 5.21. The number of ether oxygens (including phenoxy) is 1. The summed E-state index contributed by atoms with van der Waals surface area (Å²) >= 11 is 0. The molecule has 1 aliphatic rings. The van der Waals surface area contributed by atoms with E-state index in [9.17, 15) is 12.8 Å². The number of anilines is 1. The predicted octanol–water partition coefficient (Wildman–Crippen LogP) is 1.09. The molecule has 124 valence electrons. The maximum Gasteiger partial charge on any atom is 0.306 e. The first-order valence-electron chi connectivity index (χ1n) is 7.00. The van der Waals surface area contributed by atoms with Crippen molar-refractivity contribution in [3.8, 4) is 5.75 Å². The molecular formula is C14H21FN2O4S. The van der Waals surface area contributed by atoms with Crippen molar-refractivity contribution in [2.75, 3.05) is 51.1 Å². The molecule has 0 radical (unpaired) electrons. The Morgan fingerprint density at radius 3 is 2.77 bits per heavy atom. The molecule has 0 bridgehead atoms. The zero-order valence-corrected chi connectivity index (χ0v) is 13.6. The molecule has 1 heterocycles. The number of halogens is 1. The highest BCUT2D eigenvalue weighted by molar-refractivity contribution is 7.86. The van der Waals surface area contributed by atoms with Crippen LogP contribution in [0.1, 0.15) is 0 Å². The van der Waals surface area contributed by atoms with Crippen molar-refractivity contribution in [2.45, 2.75) is 6.30 Å². The minimum Gasteiger partial charge on any atom is -0.383 e. The minimum absolute atomic E-state index is 0.189. The molecule has 1 unspecified atom stereocenters. The van der Waals surface area contributed by atoms with Crippen LogP contribution in [-0.4, -0.2) is 65.8 Å². The number of rotatable bonds is 6. The van der Waals surface area contributed by atoms with Gasteiger partial charge in [-0.2, -0.15) is 8.42 Å². The lowest BCUT2D eigenvalue weighted by Gasteiger charge is -2.38. The van der Waals surface area contributed by atoms with E-state index in [-0.39, 0.29) is 5.75 Å². The van der Waals surface area contributed by atoms with Crippen LogP contribution < -0.4 is 9.08 Å². The molecule has 0 N–H and O–H groups in total. The quantitative estimate of drug-likeness (QED) is 0.574. The van der Waals surface area contributed by atoms with E-state index < -0.39 is 16.4 Å². The average molecular weight is 332 g/mol. The summed E-state index contributed by atoms with van der Waals surface area (Å²) in [5.41, 5.74) is 0.611. The van der Waals surface area contributed by atoms with Gasteiger partial charge in [0.1, 0.15) is 5.75 Å². The molecule has 0 aromatic heterocycles. The molecule has 8 heteroatoms. The fourth-order valence-electron chi connectivity index (χ4n) is 2.40. The number of piperazine rings is 1. The van der Waals surface area contributed by atoms with Crippen LogP contribution in [0.15, 0.2) is 24.3 Å². The molecule has 1 aromatic carbocycles. The summed E-state index contributed by atoms with van der Waals surface area (Å²) in [7, 11) is -1.97. The zero-order valence-electron chi connectivity index (χ0n) is 12.7. The largest absolute Gasteiger partial charge is 0.383 e. The van der Waals surface area contributed by atoms with Crippen LogP contribution in [0.3, 0.4) is 0 Å². The summed E-state index contributed by atoms with van der Waals surface area (Å²) in [4.78, 5) is 3.61. The van der Waals surface area contributed by atoms with E-state index in [1.54, 1.807) is 30.2 Å². The number of benzene rings is 1. The summed E-state index contributed by atoms with van der Waals surface area (Å²) in [5.74, 6) is 0.189. The van der Waals surface area contributed by atoms with E-state index in [4.69, 9.17) is 8.92 Å². The third-order valence-corrected chi connectivity index (χ3v) is 3.91. The van der Waals surface area contributed by atoms with Gasteiger partial charge in [0.15, 0.2) is 6.30 Å². The topological polar surface area (TPSA) is 59.1 Å². The SMILES string of the molecule is COCCN1CCN(c2cccc(OS(C)(=O)=O)c2)C(F)C1. The van der Waals surface area contributed by atoms with Gasteiger partial charge in [0, 0.05) is 45.0 Å². The van der Waals surface area contributed by atoms with E-state index in [2.05, 4.69) is 0 Å². The Morgan fingerprint density at radius 1 is 1.36 bits per heavy atom. The molecule has 1 aliphatic heterocycles. The standard InChI is InChI=1S/C14H21FN2O4S/c1-20-9-8-16-6-7-17(14(15)11-16)12-4-3-5-13(10-12)21-22(2,18)19/h3-5,10,14H,6-9,11H2,1-2H3. The zero-order chi connectivity index (χ0) is 16.2. The van der Waals surface area contributed by atoms with Gasteiger partial charge in [0.25, 0.3) is 0 Å². The Kier molecular flexibility index (Phi) is 5.60. The summed E-state index contributed by atoms with van der Waals surface area (Å²) in [6.07, 6.45) is -0.175. The molecule has 6 nitrogen and oxygen atoms in total. The number of hydrogen-bond donors (Lipinski definition) is 0. The third-order valence-electron chi connectivity index (χ3n) is 3.41. The van der Waals surface area contributed by atoms with Gasteiger partial charge in [-0.15, -0.1) is 0 Å². The first kappa shape index (κ1) is 17.0. The van der Waals surface area contributed by atoms with Crippen LogP contribution in [-0.2, 0) is 14.9 Å². The molecule has 2 rings (SSSR count). The van der Waals surface area contributed by atoms with E-state index in [1.165, 1.54) is 6.07 Å². The fraction of sp³-hybridized carbons (Fsp3) is 0.571.